The molecule has 0 amide bonds. The van der Waals surface area contributed by atoms with E-state index in [0.29, 0.717) is 37.5 Å². The first kappa shape index (κ1) is 18.0. The van der Waals surface area contributed by atoms with Crippen molar-refractivity contribution in [2.75, 3.05) is 13.1 Å². The van der Waals surface area contributed by atoms with Crippen molar-refractivity contribution in [3.63, 3.8) is 0 Å². The number of phenols is 1. The highest BCUT2D eigenvalue weighted by molar-refractivity contribution is 7.89. The molecule has 1 saturated heterocycles. The lowest BCUT2D eigenvalue weighted by Gasteiger charge is -2.23. The average Bonchev–Trinajstić information content (AvgIpc) is 3.04. The standard InChI is InChI=1S/C15H16F3NO5S/c16-15(17,18)9-3-4-11(20)12(6-9)25(23,24)19-7-10-2-1-5-14(10,8-19)13(21)22/h3-4,6,10,20H,1-2,5,7-8H2,(H,21,22)/t10-,14+/m0/s1. The van der Waals surface area contributed by atoms with E-state index in [1.807, 2.05) is 0 Å². The van der Waals surface area contributed by atoms with Gasteiger partial charge in [-0.2, -0.15) is 17.5 Å². The number of phenolic OH excluding ortho intramolecular Hbond substituents is 1. The highest BCUT2D eigenvalue weighted by Crippen LogP contribution is 2.50. The first-order valence-electron chi connectivity index (χ1n) is 7.62. The number of fused-ring (bicyclic) bond motifs is 1. The molecule has 2 aliphatic rings. The number of carboxylic acid groups (broad SMARTS) is 1. The summed E-state index contributed by atoms with van der Waals surface area (Å²) >= 11 is 0. The van der Waals surface area contributed by atoms with Gasteiger partial charge in [-0.1, -0.05) is 6.42 Å². The van der Waals surface area contributed by atoms with Crippen LogP contribution >= 0.6 is 0 Å². The van der Waals surface area contributed by atoms with E-state index in [4.69, 9.17) is 0 Å². The Morgan fingerprint density at radius 2 is 2.00 bits per heavy atom. The molecule has 2 fully saturated rings. The fourth-order valence-corrected chi connectivity index (χ4v) is 5.47. The van der Waals surface area contributed by atoms with Crippen LogP contribution in [0.1, 0.15) is 24.8 Å². The largest absolute Gasteiger partial charge is 0.507 e. The second-order valence-corrected chi connectivity index (χ2v) is 8.43. The fraction of sp³-hybridized carbons (Fsp3) is 0.533. The highest BCUT2D eigenvalue weighted by atomic mass is 32.2. The molecule has 138 valence electrons. The molecule has 1 heterocycles. The smallest absolute Gasteiger partial charge is 0.416 e. The van der Waals surface area contributed by atoms with Crippen LogP contribution in [0, 0.1) is 11.3 Å². The number of halogens is 3. The summed E-state index contributed by atoms with van der Waals surface area (Å²) in [7, 11) is -4.45. The van der Waals surface area contributed by atoms with Crippen LogP contribution in [0.15, 0.2) is 23.1 Å². The minimum absolute atomic E-state index is 0.0790. The van der Waals surface area contributed by atoms with Gasteiger partial charge in [-0.15, -0.1) is 0 Å². The number of alkyl halides is 3. The summed E-state index contributed by atoms with van der Waals surface area (Å²) in [6, 6.07) is 1.65. The lowest BCUT2D eigenvalue weighted by atomic mass is 9.81. The van der Waals surface area contributed by atoms with Crippen molar-refractivity contribution >= 4 is 16.0 Å². The molecule has 1 saturated carbocycles. The van der Waals surface area contributed by atoms with E-state index in [-0.39, 0.29) is 19.0 Å². The molecule has 0 unspecified atom stereocenters. The van der Waals surface area contributed by atoms with Gasteiger partial charge in [0.25, 0.3) is 0 Å². The Kier molecular flexibility index (Phi) is 4.03. The summed E-state index contributed by atoms with van der Waals surface area (Å²) in [6.45, 7) is -0.380. The molecular weight excluding hydrogens is 363 g/mol. The quantitative estimate of drug-likeness (QED) is 0.840. The Hall–Kier alpha value is -1.81. The molecule has 1 aliphatic heterocycles. The summed E-state index contributed by atoms with van der Waals surface area (Å²) in [4.78, 5) is 10.8. The predicted molar refractivity (Wildman–Crippen MR) is 79.3 cm³/mol. The normalized spacial score (nSPS) is 27.4. The summed E-state index contributed by atoms with van der Waals surface area (Å²) in [5.41, 5.74) is -2.40. The van der Waals surface area contributed by atoms with Gasteiger partial charge < -0.3 is 10.2 Å². The third-order valence-corrected chi connectivity index (χ3v) is 7.01. The van der Waals surface area contributed by atoms with Gasteiger partial charge >= 0.3 is 12.1 Å². The van der Waals surface area contributed by atoms with Crippen LogP contribution in [0.5, 0.6) is 5.75 Å². The number of aromatic hydroxyl groups is 1. The molecule has 0 radical (unpaired) electrons. The molecule has 25 heavy (non-hydrogen) atoms. The number of hydrogen-bond acceptors (Lipinski definition) is 4. The molecule has 2 N–H and O–H groups in total. The average molecular weight is 379 g/mol. The Bertz CT molecular complexity index is 823. The molecule has 0 aromatic heterocycles. The van der Waals surface area contributed by atoms with Crippen molar-refractivity contribution in [2.45, 2.75) is 30.3 Å². The molecule has 2 atom stereocenters. The fourth-order valence-electron chi connectivity index (χ4n) is 3.81. The van der Waals surface area contributed by atoms with Crippen molar-refractivity contribution in [3.05, 3.63) is 23.8 Å². The third-order valence-electron chi connectivity index (χ3n) is 5.17. The predicted octanol–water partition coefficient (Wildman–Crippen LogP) is 2.29. The number of rotatable bonds is 3. The Labute approximate surface area is 141 Å². The van der Waals surface area contributed by atoms with E-state index in [9.17, 15) is 36.6 Å². The first-order chi connectivity index (χ1) is 11.5. The van der Waals surface area contributed by atoms with Crippen molar-refractivity contribution in [2.24, 2.45) is 11.3 Å². The summed E-state index contributed by atoms with van der Waals surface area (Å²) in [5, 5.41) is 19.3. The monoisotopic (exact) mass is 379 g/mol. The third kappa shape index (κ3) is 2.77. The molecule has 10 heteroatoms. The maximum Gasteiger partial charge on any atom is 0.416 e. The van der Waals surface area contributed by atoms with Gasteiger partial charge in [0.05, 0.1) is 11.0 Å². The highest BCUT2D eigenvalue weighted by Gasteiger charge is 2.57. The zero-order valence-electron chi connectivity index (χ0n) is 13.0. The summed E-state index contributed by atoms with van der Waals surface area (Å²) < 4.78 is 64.9. The topological polar surface area (TPSA) is 94.9 Å². The Balaban J connectivity index is 2.00. The molecule has 0 spiro atoms. The molecule has 0 bridgehead atoms. The van der Waals surface area contributed by atoms with Crippen LogP contribution in [-0.4, -0.2) is 42.0 Å². The van der Waals surface area contributed by atoms with E-state index in [0.717, 1.165) is 4.31 Å². The minimum atomic E-state index is -4.76. The van der Waals surface area contributed by atoms with Crippen LogP contribution in [-0.2, 0) is 21.0 Å². The van der Waals surface area contributed by atoms with Crippen LogP contribution in [0.4, 0.5) is 13.2 Å². The van der Waals surface area contributed by atoms with E-state index in [1.54, 1.807) is 0 Å². The molecular formula is C15H16F3NO5S. The number of aliphatic carboxylic acids is 1. The lowest BCUT2D eigenvalue weighted by Crippen LogP contribution is -2.37. The molecule has 3 rings (SSSR count). The maximum absolute atomic E-state index is 12.9. The van der Waals surface area contributed by atoms with Crippen LogP contribution < -0.4 is 0 Å². The Morgan fingerprint density at radius 1 is 1.32 bits per heavy atom. The minimum Gasteiger partial charge on any atom is -0.507 e. The van der Waals surface area contributed by atoms with Gasteiger partial charge in [-0.3, -0.25) is 4.79 Å². The van der Waals surface area contributed by atoms with Gasteiger partial charge in [0.1, 0.15) is 10.6 Å². The van der Waals surface area contributed by atoms with Crippen molar-refractivity contribution < 1.29 is 36.6 Å². The van der Waals surface area contributed by atoms with Gasteiger partial charge in [-0.25, -0.2) is 8.42 Å². The molecule has 1 aliphatic carbocycles. The lowest BCUT2D eigenvalue weighted by molar-refractivity contribution is -0.149. The zero-order chi connectivity index (χ0) is 18.6. The van der Waals surface area contributed by atoms with Crippen LogP contribution in [0.3, 0.4) is 0 Å². The van der Waals surface area contributed by atoms with Crippen molar-refractivity contribution in [3.8, 4) is 5.75 Å². The van der Waals surface area contributed by atoms with Gasteiger partial charge in [-0.05, 0) is 37.0 Å². The molecule has 1 aromatic rings. The van der Waals surface area contributed by atoms with Crippen molar-refractivity contribution in [1.82, 2.24) is 4.31 Å². The van der Waals surface area contributed by atoms with Crippen LogP contribution in [0.25, 0.3) is 0 Å². The molecule has 1 aromatic carbocycles. The number of sulfonamides is 1. The molecule has 6 nitrogen and oxygen atoms in total. The number of hydrogen-bond donors (Lipinski definition) is 2. The number of benzene rings is 1. The second kappa shape index (κ2) is 5.60. The Morgan fingerprint density at radius 3 is 2.56 bits per heavy atom. The van der Waals surface area contributed by atoms with Gasteiger partial charge in [0.2, 0.25) is 10.0 Å². The number of carboxylic acids is 1. The van der Waals surface area contributed by atoms with E-state index in [2.05, 4.69) is 0 Å². The zero-order valence-corrected chi connectivity index (χ0v) is 13.8. The van der Waals surface area contributed by atoms with Crippen molar-refractivity contribution in [1.29, 1.82) is 0 Å². The first-order valence-corrected chi connectivity index (χ1v) is 9.06. The van der Waals surface area contributed by atoms with E-state index >= 15 is 0 Å². The van der Waals surface area contributed by atoms with E-state index in [1.165, 1.54) is 0 Å². The SMILES string of the molecule is O=C(O)[C@@]12CCC[C@H]1CN(S(=O)(=O)c1cc(C(F)(F)F)ccc1O)C2. The second-order valence-electron chi connectivity index (χ2n) is 6.53. The number of carbonyl (C=O) groups is 1. The summed E-state index contributed by atoms with van der Waals surface area (Å²) in [5.74, 6) is -2.27. The number of nitrogens with zero attached hydrogens (tertiary/aromatic N) is 1. The van der Waals surface area contributed by atoms with E-state index < -0.39 is 43.8 Å². The maximum atomic E-state index is 12.9. The van der Waals surface area contributed by atoms with Gasteiger partial charge in [0, 0.05) is 13.1 Å². The van der Waals surface area contributed by atoms with Crippen LogP contribution in [0.2, 0.25) is 0 Å². The van der Waals surface area contributed by atoms with Gasteiger partial charge in [0.15, 0.2) is 0 Å². The summed E-state index contributed by atoms with van der Waals surface area (Å²) in [6.07, 6.45) is -3.22.